The molecule has 1 aromatic carbocycles. The minimum Gasteiger partial charge on any atom is -0.490 e. The van der Waals surface area contributed by atoms with E-state index in [1.54, 1.807) is 0 Å². The summed E-state index contributed by atoms with van der Waals surface area (Å²) in [6.07, 6.45) is 4.39. The van der Waals surface area contributed by atoms with E-state index in [0.717, 1.165) is 18.4 Å². The maximum absolute atomic E-state index is 9.04. The Kier molecular flexibility index (Phi) is 3.35. The number of nitrogens with two attached hydrogens (primary N) is 1. The molecule has 3 heteroatoms. The Bertz CT molecular complexity index is 442. The number of aryl methyl sites for hydroxylation is 1. The van der Waals surface area contributed by atoms with Crippen molar-refractivity contribution in [3.63, 3.8) is 0 Å². The average molecular weight is 230 g/mol. The summed E-state index contributed by atoms with van der Waals surface area (Å²) < 4.78 is 5.72. The molecule has 17 heavy (non-hydrogen) atoms. The molecule has 0 amide bonds. The first-order chi connectivity index (χ1) is 8.13. The molecule has 0 spiro atoms. The highest BCUT2D eigenvalue weighted by Crippen LogP contribution is 2.28. The summed E-state index contributed by atoms with van der Waals surface area (Å²) in [6, 6.07) is 7.80. The maximum Gasteiger partial charge on any atom is 0.137 e. The quantitative estimate of drug-likeness (QED) is 0.868. The van der Waals surface area contributed by atoms with Crippen LogP contribution in [0.5, 0.6) is 5.75 Å². The lowest BCUT2D eigenvalue weighted by molar-refractivity contribution is 0.220. The Hall–Kier alpha value is -1.53. The molecule has 2 N–H and O–H groups in total. The zero-order chi connectivity index (χ0) is 12.3. The lowest BCUT2D eigenvalue weighted by Gasteiger charge is -2.23. The highest BCUT2D eigenvalue weighted by atomic mass is 16.5. The zero-order valence-electron chi connectivity index (χ0n) is 10.2. The van der Waals surface area contributed by atoms with Gasteiger partial charge in [-0.05, 0) is 37.5 Å². The lowest BCUT2D eigenvalue weighted by atomic mass is 10.0. The number of nitrogens with zero attached hydrogens (tertiary/aromatic N) is 1. The SMILES string of the molecule is Cc1ccc(OCC2(N)CCCC2)c(C#N)c1. The van der Waals surface area contributed by atoms with Gasteiger partial charge in [0.2, 0.25) is 0 Å². The number of hydrogen-bond donors (Lipinski definition) is 1. The van der Waals surface area contributed by atoms with Crippen LogP contribution in [-0.2, 0) is 0 Å². The molecule has 0 heterocycles. The van der Waals surface area contributed by atoms with Gasteiger partial charge < -0.3 is 10.5 Å². The minimum absolute atomic E-state index is 0.197. The van der Waals surface area contributed by atoms with Crippen LogP contribution in [0.1, 0.15) is 36.8 Å². The summed E-state index contributed by atoms with van der Waals surface area (Å²) in [5, 5.41) is 9.04. The molecule has 0 atom stereocenters. The van der Waals surface area contributed by atoms with Gasteiger partial charge >= 0.3 is 0 Å². The Morgan fingerprint density at radius 3 is 2.76 bits per heavy atom. The standard InChI is InChI=1S/C14H18N2O/c1-11-4-5-13(12(8-11)9-15)17-10-14(16)6-2-3-7-14/h4-5,8H,2-3,6-7,10,16H2,1H3. The lowest BCUT2D eigenvalue weighted by Crippen LogP contribution is -2.42. The molecule has 1 aliphatic rings. The fraction of sp³-hybridized carbons (Fsp3) is 0.500. The second-order valence-electron chi connectivity index (χ2n) is 4.97. The molecule has 3 nitrogen and oxygen atoms in total. The van der Waals surface area contributed by atoms with E-state index in [4.69, 9.17) is 15.7 Å². The maximum atomic E-state index is 9.04. The summed E-state index contributed by atoms with van der Waals surface area (Å²) in [7, 11) is 0. The first kappa shape index (κ1) is 11.9. The van der Waals surface area contributed by atoms with Crippen molar-refractivity contribution in [3.05, 3.63) is 29.3 Å². The van der Waals surface area contributed by atoms with Crippen molar-refractivity contribution in [1.82, 2.24) is 0 Å². The van der Waals surface area contributed by atoms with Crippen molar-refractivity contribution in [3.8, 4) is 11.8 Å². The van der Waals surface area contributed by atoms with E-state index in [-0.39, 0.29) is 5.54 Å². The van der Waals surface area contributed by atoms with Crippen LogP contribution in [0.2, 0.25) is 0 Å². The van der Waals surface area contributed by atoms with Crippen molar-refractivity contribution >= 4 is 0 Å². The van der Waals surface area contributed by atoms with Crippen molar-refractivity contribution in [1.29, 1.82) is 5.26 Å². The van der Waals surface area contributed by atoms with E-state index in [1.165, 1.54) is 12.8 Å². The van der Waals surface area contributed by atoms with Crippen LogP contribution in [0, 0.1) is 18.3 Å². The molecule has 1 saturated carbocycles. The van der Waals surface area contributed by atoms with Crippen LogP contribution >= 0.6 is 0 Å². The van der Waals surface area contributed by atoms with Gasteiger partial charge in [-0.25, -0.2) is 0 Å². The van der Waals surface area contributed by atoms with Crippen LogP contribution in [0.4, 0.5) is 0 Å². The van der Waals surface area contributed by atoms with Gasteiger partial charge in [-0.2, -0.15) is 5.26 Å². The molecular weight excluding hydrogens is 212 g/mol. The van der Waals surface area contributed by atoms with Gasteiger partial charge in [0.25, 0.3) is 0 Å². The molecule has 1 aliphatic carbocycles. The van der Waals surface area contributed by atoms with Crippen molar-refractivity contribution < 1.29 is 4.74 Å². The normalized spacial score (nSPS) is 17.7. The molecule has 0 radical (unpaired) electrons. The Balaban J connectivity index is 2.06. The van der Waals surface area contributed by atoms with Gasteiger partial charge in [0, 0.05) is 0 Å². The number of rotatable bonds is 3. The van der Waals surface area contributed by atoms with Gasteiger partial charge in [-0.3, -0.25) is 0 Å². The molecule has 0 saturated heterocycles. The first-order valence-electron chi connectivity index (χ1n) is 6.05. The predicted molar refractivity (Wildman–Crippen MR) is 66.8 cm³/mol. The van der Waals surface area contributed by atoms with Gasteiger partial charge in [0.15, 0.2) is 0 Å². The van der Waals surface area contributed by atoms with E-state index in [2.05, 4.69) is 6.07 Å². The highest BCUT2D eigenvalue weighted by Gasteiger charge is 2.30. The smallest absolute Gasteiger partial charge is 0.137 e. The third kappa shape index (κ3) is 2.78. The third-order valence-electron chi connectivity index (χ3n) is 3.37. The number of nitriles is 1. The predicted octanol–water partition coefficient (Wildman–Crippen LogP) is 2.52. The third-order valence-corrected chi connectivity index (χ3v) is 3.37. The topological polar surface area (TPSA) is 59.0 Å². The van der Waals surface area contributed by atoms with Crippen LogP contribution in [0.25, 0.3) is 0 Å². The summed E-state index contributed by atoms with van der Waals surface area (Å²) in [5.41, 5.74) is 7.68. The van der Waals surface area contributed by atoms with Gasteiger partial charge in [-0.1, -0.05) is 18.9 Å². The molecule has 1 fully saturated rings. The van der Waals surface area contributed by atoms with E-state index >= 15 is 0 Å². The molecule has 1 aromatic rings. The monoisotopic (exact) mass is 230 g/mol. The number of benzene rings is 1. The molecule has 0 aromatic heterocycles. The minimum atomic E-state index is -0.197. The van der Waals surface area contributed by atoms with Crippen LogP contribution in [0.15, 0.2) is 18.2 Å². The Morgan fingerprint density at radius 2 is 2.12 bits per heavy atom. The summed E-state index contributed by atoms with van der Waals surface area (Å²) in [6.45, 7) is 2.47. The molecule has 0 unspecified atom stereocenters. The Morgan fingerprint density at radius 1 is 1.41 bits per heavy atom. The first-order valence-corrected chi connectivity index (χ1v) is 6.05. The van der Waals surface area contributed by atoms with Gasteiger partial charge in [0.1, 0.15) is 18.4 Å². The summed E-state index contributed by atoms with van der Waals surface area (Å²) in [5.74, 6) is 0.648. The van der Waals surface area contributed by atoms with Crippen LogP contribution < -0.4 is 10.5 Å². The van der Waals surface area contributed by atoms with Crippen molar-refractivity contribution in [2.75, 3.05) is 6.61 Å². The van der Waals surface area contributed by atoms with E-state index < -0.39 is 0 Å². The Labute approximate surface area is 102 Å². The van der Waals surface area contributed by atoms with E-state index in [9.17, 15) is 0 Å². The molecule has 0 bridgehead atoms. The molecular formula is C14H18N2O. The van der Waals surface area contributed by atoms with E-state index in [1.807, 2.05) is 25.1 Å². The largest absolute Gasteiger partial charge is 0.490 e. The summed E-state index contributed by atoms with van der Waals surface area (Å²) in [4.78, 5) is 0. The molecule has 90 valence electrons. The second kappa shape index (κ2) is 4.77. The van der Waals surface area contributed by atoms with Crippen LogP contribution in [-0.4, -0.2) is 12.1 Å². The zero-order valence-corrected chi connectivity index (χ0v) is 10.2. The van der Waals surface area contributed by atoms with Gasteiger partial charge in [-0.15, -0.1) is 0 Å². The number of hydrogen-bond acceptors (Lipinski definition) is 3. The number of ether oxygens (including phenoxy) is 1. The van der Waals surface area contributed by atoms with Crippen molar-refractivity contribution in [2.24, 2.45) is 5.73 Å². The second-order valence-corrected chi connectivity index (χ2v) is 4.97. The molecule has 2 rings (SSSR count). The van der Waals surface area contributed by atoms with E-state index in [0.29, 0.717) is 17.9 Å². The fourth-order valence-electron chi connectivity index (χ4n) is 2.30. The highest BCUT2D eigenvalue weighted by molar-refractivity contribution is 5.45. The van der Waals surface area contributed by atoms with Crippen molar-refractivity contribution in [2.45, 2.75) is 38.1 Å². The van der Waals surface area contributed by atoms with Gasteiger partial charge in [0.05, 0.1) is 11.1 Å². The average Bonchev–Trinajstić information content (AvgIpc) is 2.75. The fourth-order valence-corrected chi connectivity index (χ4v) is 2.30. The molecule has 0 aliphatic heterocycles. The van der Waals surface area contributed by atoms with Crippen LogP contribution in [0.3, 0.4) is 0 Å². The summed E-state index contributed by atoms with van der Waals surface area (Å²) >= 11 is 0.